The summed E-state index contributed by atoms with van der Waals surface area (Å²) in [4.78, 5) is 12.1. The van der Waals surface area contributed by atoms with Crippen molar-refractivity contribution in [2.24, 2.45) is 5.92 Å². The lowest BCUT2D eigenvalue weighted by molar-refractivity contribution is 0.0948. The summed E-state index contributed by atoms with van der Waals surface area (Å²) in [6.07, 6.45) is 2.18. The molecule has 0 heterocycles. The van der Waals surface area contributed by atoms with E-state index in [4.69, 9.17) is 5.11 Å². The Balaban J connectivity index is 2.10. The summed E-state index contributed by atoms with van der Waals surface area (Å²) in [6.45, 7) is 1.94. The van der Waals surface area contributed by atoms with E-state index in [-0.39, 0.29) is 12.5 Å². The zero-order valence-corrected chi connectivity index (χ0v) is 10.4. The summed E-state index contributed by atoms with van der Waals surface area (Å²) in [5.41, 5.74) is 1.25. The van der Waals surface area contributed by atoms with Crippen LogP contribution < -0.4 is 5.32 Å². The van der Waals surface area contributed by atoms with Crippen molar-refractivity contribution in [2.45, 2.75) is 25.8 Å². The molecular formula is C15H17NO2. The number of nitrogens with one attached hydrogen (secondary N) is 1. The molecule has 2 N–H and O–H groups in total. The van der Waals surface area contributed by atoms with Crippen molar-refractivity contribution in [3.8, 4) is 11.8 Å². The lowest BCUT2D eigenvalue weighted by Crippen LogP contribution is -2.27. The van der Waals surface area contributed by atoms with Crippen LogP contribution in [0.4, 0.5) is 0 Å². The number of rotatable bonds is 3. The molecule has 3 heteroatoms. The van der Waals surface area contributed by atoms with Crippen LogP contribution in [0.1, 0.15) is 35.7 Å². The quantitative estimate of drug-likeness (QED) is 0.791. The average molecular weight is 243 g/mol. The van der Waals surface area contributed by atoms with Crippen LogP contribution in [0.3, 0.4) is 0 Å². The molecule has 0 spiro atoms. The van der Waals surface area contributed by atoms with Crippen molar-refractivity contribution in [2.75, 3.05) is 6.61 Å². The second-order valence-electron chi connectivity index (χ2n) is 4.49. The molecule has 1 aromatic carbocycles. The van der Waals surface area contributed by atoms with E-state index in [0.29, 0.717) is 23.1 Å². The number of hydrogen-bond donors (Lipinski definition) is 2. The van der Waals surface area contributed by atoms with E-state index < -0.39 is 0 Å². The molecule has 0 radical (unpaired) electrons. The summed E-state index contributed by atoms with van der Waals surface area (Å²) >= 11 is 0. The molecule has 0 bridgehead atoms. The topological polar surface area (TPSA) is 49.3 Å². The fourth-order valence-corrected chi connectivity index (χ4v) is 2.05. The SMILES string of the molecule is CCC1CC1NC(=O)c1ccccc1C#CCO. The molecule has 94 valence electrons. The van der Waals surface area contributed by atoms with Gasteiger partial charge < -0.3 is 10.4 Å². The minimum absolute atomic E-state index is 0.0706. The molecule has 0 aliphatic heterocycles. The van der Waals surface area contributed by atoms with Crippen LogP contribution in [0.25, 0.3) is 0 Å². The molecule has 1 aliphatic rings. The lowest BCUT2D eigenvalue weighted by atomic mass is 10.1. The molecular weight excluding hydrogens is 226 g/mol. The van der Waals surface area contributed by atoms with Gasteiger partial charge in [-0.2, -0.15) is 0 Å². The predicted octanol–water partition coefficient (Wildman–Crippen LogP) is 1.56. The molecule has 2 unspecified atom stereocenters. The second kappa shape index (κ2) is 5.70. The third kappa shape index (κ3) is 2.91. The fourth-order valence-electron chi connectivity index (χ4n) is 2.05. The first-order valence-corrected chi connectivity index (χ1v) is 6.26. The number of amides is 1. The Morgan fingerprint density at radius 2 is 2.28 bits per heavy atom. The predicted molar refractivity (Wildman–Crippen MR) is 70.1 cm³/mol. The number of benzene rings is 1. The summed E-state index contributed by atoms with van der Waals surface area (Å²) in [6, 6.07) is 7.54. The monoisotopic (exact) mass is 243 g/mol. The van der Waals surface area contributed by atoms with Crippen molar-refractivity contribution >= 4 is 5.91 Å². The minimum Gasteiger partial charge on any atom is -0.384 e. The van der Waals surface area contributed by atoms with Crippen LogP contribution in [-0.2, 0) is 0 Å². The van der Waals surface area contributed by atoms with Crippen molar-refractivity contribution in [1.29, 1.82) is 0 Å². The van der Waals surface area contributed by atoms with Crippen molar-refractivity contribution < 1.29 is 9.90 Å². The van der Waals surface area contributed by atoms with Gasteiger partial charge in [0.05, 0.1) is 5.56 Å². The highest BCUT2D eigenvalue weighted by atomic mass is 16.2. The molecule has 1 aromatic rings. The Morgan fingerprint density at radius 3 is 2.94 bits per heavy atom. The van der Waals surface area contributed by atoms with Crippen molar-refractivity contribution in [3.63, 3.8) is 0 Å². The first-order chi connectivity index (χ1) is 8.76. The Labute approximate surface area is 107 Å². The lowest BCUT2D eigenvalue weighted by Gasteiger charge is -2.06. The van der Waals surface area contributed by atoms with Crippen LogP contribution >= 0.6 is 0 Å². The summed E-state index contributed by atoms with van der Waals surface area (Å²) in [5, 5.41) is 11.7. The Kier molecular flexibility index (Phi) is 4.01. The van der Waals surface area contributed by atoms with Gasteiger partial charge in [-0.3, -0.25) is 4.79 Å². The number of aliphatic hydroxyl groups excluding tert-OH is 1. The Hall–Kier alpha value is -1.79. The number of hydrogen-bond acceptors (Lipinski definition) is 2. The minimum atomic E-state index is -0.198. The third-order valence-electron chi connectivity index (χ3n) is 3.24. The number of carbonyl (C=O) groups is 1. The van der Waals surface area contributed by atoms with Crippen LogP contribution in [0.15, 0.2) is 24.3 Å². The normalized spacial score (nSPS) is 20.8. The van der Waals surface area contributed by atoms with E-state index >= 15 is 0 Å². The van der Waals surface area contributed by atoms with Gasteiger partial charge in [0.15, 0.2) is 0 Å². The van der Waals surface area contributed by atoms with Gasteiger partial charge in [-0.05, 0) is 24.5 Å². The zero-order valence-electron chi connectivity index (χ0n) is 10.4. The Morgan fingerprint density at radius 1 is 1.50 bits per heavy atom. The summed E-state index contributed by atoms with van der Waals surface area (Å²) < 4.78 is 0. The zero-order chi connectivity index (χ0) is 13.0. The van der Waals surface area contributed by atoms with Crippen LogP contribution in [0, 0.1) is 17.8 Å². The van der Waals surface area contributed by atoms with Crippen LogP contribution in [0.5, 0.6) is 0 Å². The first-order valence-electron chi connectivity index (χ1n) is 6.26. The first kappa shape index (κ1) is 12.7. The molecule has 0 saturated heterocycles. The van der Waals surface area contributed by atoms with Crippen molar-refractivity contribution in [3.05, 3.63) is 35.4 Å². The molecule has 1 saturated carbocycles. The highest BCUT2D eigenvalue weighted by Gasteiger charge is 2.36. The highest BCUT2D eigenvalue weighted by molar-refractivity contribution is 5.97. The van der Waals surface area contributed by atoms with Crippen LogP contribution in [-0.4, -0.2) is 23.7 Å². The van der Waals surface area contributed by atoms with E-state index in [1.54, 1.807) is 12.1 Å². The van der Waals surface area contributed by atoms with E-state index in [1.165, 1.54) is 0 Å². The highest BCUT2D eigenvalue weighted by Crippen LogP contribution is 2.33. The van der Waals surface area contributed by atoms with E-state index in [9.17, 15) is 4.79 Å². The maximum atomic E-state index is 12.1. The van der Waals surface area contributed by atoms with Gasteiger partial charge in [0, 0.05) is 11.6 Å². The largest absolute Gasteiger partial charge is 0.384 e. The van der Waals surface area contributed by atoms with Gasteiger partial charge in [-0.15, -0.1) is 0 Å². The third-order valence-corrected chi connectivity index (χ3v) is 3.24. The van der Waals surface area contributed by atoms with Crippen LogP contribution in [0.2, 0.25) is 0 Å². The standard InChI is InChI=1S/C15H17NO2/c1-2-11-10-14(11)16-15(18)13-8-4-3-6-12(13)7-5-9-17/h3-4,6,8,11,14,17H,2,9-10H2,1H3,(H,16,18). The molecule has 18 heavy (non-hydrogen) atoms. The van der Waals surface area contributed by atoms with Gasteiger partial charge in [0.1, 0.15) is 6.61 Å². The fraction of sp³-hybridized carbons (Fsp3) is 0.400. The van der Waals surface area contributed by atoms with Gasteiger partial charge in [0.2, 0.25) is 0 Å². The second-order valence-corrected chi connectivity index (χ2v) is 4.49. The van der Waals surface area contributed by atoms with Crippen molar-refractivity contribution in [1.82, 2.24) is 5.32 Å². The molecule has 1 fully saturated rings. The van der Waals surface area contributed by atoms with E-state index in [1.807, 2.05) is 12.1 Å². The molecule has 2 rings (SSSR count). The maximum Gasteiger partial charge on any atom is 0.252 e. The molecule has 1 amide bonds. The number of aliphatic hydroxyl groups is 1. The molecule has 1 aliphatic carbocycles. The van der Waals surface area contributed by atoms with E-state index in [0.717, 1.165) is 12.8 Å². The van der Waals surface area contributed by atoms with E-state index in [2.05, 4.69) is 24.1 Å². The molecule has 3 nitrogen and oxygen atoms in total. The molecule has 0 aromatic heterocycles. The van der Waals surface area contributed by atoms with Gasteiger partial charge in [0.25, 0.3) is 5.91 Å². The van der Waals surface area contributed by atoms with Gasteiger partial charge in [-0.1, -0.05) is 37.3 Å². The summed E-state index contributed by atoms with van der Waals surface area (Å²) in [7, 11) is 0. The van der Waals surface area contributed by atoms with Gasteiger partial charge >= 0.3 is 0 Å². The molecule has 2 atom stereocenters. The summed E-state index contributed by atoms with van der Waals surface area (Å²) in [5.74, 6) is 5.93. The van der Waals surface area contributed by atoms with Gasteiger partial charge in [-0.25, -0.2) is 0 Å². The maximum absolute atomic E-state index is 12.1. The Bertz CT molecular complexity index is 499. The average Bonchev–Trinajstić information content (AvgIpc) is 3.15. The number of carbonyl (C=O) groups excluding carboxylic acids is 1. The smallest absolute Gasteiger partial charge is 0.252 e.